The molecule has 11 rings (SSSR count). The monoisotopic (exact) mass is 666 g/mol. The number of hydrogen-bond acceptors (Lipinski definition) is 4. The van der Waals surface area contributed by atoms with Crippen molar-refractivity contribution >= 4 is 41.6 Å². The number of aromatic nitrogens is 4. The minimum absolute atomic E-state index is 0.107. The maximum atomic E-state index is 4.86. The van der Waals surface area contributed by atoms with Crippen molar-refractivity contribution in [1.82, 2.24) is 19.9 Å². The molecule has 0 radical (unpaired) electrons. The zero-order valence-corrected chi connectivity index (χ0v) is 31.2. The van der Waals surface area contributed by atoms with E-state index >= 15 is 0 Å². The highest BCUT2D eigenvalue weighted by Gasteiger charge is 2.69. The number of rotatable bonds is 8. The van der Waals surface area contributed by atoms with Crippen LogP contribution in [0.15, 0.2) is 55.1 Å². The summed E-state index contributed by atoms with van der Waals surface area (Å²) in [6, 6.07) is 11.8. The zero-order valence-electron chi connectivity index (χ0n) is 28.2. The third-order valence-electron chi connectivity index (χ3n) is 14.1. The van der Waals surface area contributed by atoms with Crippen LogP contribution in [0.4, 0.5) is 0 Å². The zero-order chi connectivity index (χ0) is 31.3. The molecule has 0 spiro atoms. The van der Waals surface area contributed by atoms with E-state index in [1.807, 2.05) is 36.9 Å². The largest absolute Gasteiger partial charge is 0.237 e. The molecule has 1 atom stereocenters. The fourth-order valence-electron chi connectivity index (χ4n) is 13.2. The van der Waals surface area contributed by atoms with Gasteiger partial charge in [0.15, 0.2) is 11.1 Å². The van der Waals surface area contributed by atoms with Crippen molar-refractivity contribution in [2.75, 3.05) is 0 Å². The summed E-state index contributed by atoms with van der Waals surface area (Å²) in [5.74, 6) is 5.65. The third-order valence-corrected chi connectivity index (χ3v) is 19.7. The molecule has 1 aromatic carbocycles. The molecule has 1 unspecified atom stereocenters. The molecule has 3 aromatic rings. The van der Waals surface area contributed by atoms with Crippen LogP contribution >= 0.6 is 17.2 Å². The lowest BCUT2D eigenvalue weighted by Crippen LogP contribution is -2.64. The lowest BCUT2D eigenvalue weighted by atomic mass is 9.37. The van der Waals surface area contributed by atoms with E-state index in [0.29, 0.717) is 10.8 Å². The van der Waals surface area contributed by atoms with Gasteiger partial charge in [-0.15, -0.1) is 9.24 Å². The van der Waals surface area contributed by atoms with Gasteiger partial charge in [0.05, 0.1) is 8.07 Å². The maximum absolute atomic E-state index is 4.86. The molecule has 0 amide bonds. The Balaban J connectivity index is 1.26. The molecular formula is C39H52N4P2Si. The molecular weight excluding hydrogens is 614 g/mol. The molecule has 0 aliphatic heterocycles. The molecule has 8 saturated carbocycles. The van der Waals surface area contributed by atoms with E-state index in [0.717, 1.165) is 52.8 Å². The molecule has 8 fully saturated rings. The van der Waals surface area contributed by atoms with Gasteiger partial charge >= 0.3 is 0 Å². The van der Waals surface area contributed by atoms with Gasteiger partial charge < -0.3 is 0 Å². The van der Waals surface area contributed by atoms with Gasteiger partial charge in [0.25, 0.3) is 0 Å². The lowest BCUT2D eigenvalue weighted by molar-refractivity contribution is -0.158. The molecule has 8 bridgehead atoms. The normalized spacial score (nSPS) is 37.2. The molecule has 242 valence electrons. The highest BCUT2D eigenvalue weighted by molar-refractivity contribution is 7.71. The minimum atomic E-state index is -1.56. The molecule has 8 aliphatic rings. The molecule has 7 heteroatoms. The van der Waals surface area contributed by atoms with Crippen LogP contribution in [-0.4, -0.2) is 28.0 Å². The van der Waals surface area contributed by atoms with Crippen LogP contribution in [-0.2, 0) is 11.3 Å². The highest BCUT2D eigenvalue weighted by Crippen LogP contribution is 2.78. The quantitative estimate of drug-likeness (QED) is 0.181. The molecule has 8 aliphatic carbocycles. The molecule has 4 nitrogen and oxygen atoms in total. The van der Waals surface area contributed by atoms with Gasteiger partial charge in [0.2, 0.25) is 0 Å². The van der Waals surface area contributed by atoms with E-state index in [-0.39, 0.29) is 5.16 Å². The van der Waals surface area contributed by atoms with Crippen LogP contribution in [0.2, 0.25) is 19.6 Å². The first-order chi connectivity index (χ1) is 22.1. The van der Waals surface area contributed by atoms with Crippen molar-refractivity contribution in [3.05, 3.63) is 66.2 Å². The Bertz CT molecular complexity index is 1450. The summed E-state index contributed by atoms with van der Waals surface area (Å²) in [5, 5.41) is 1.68. The van der Waals surface area contributed by atoms with E-state index in [2.05, 4.69) is 47.1 Å². The summed E-state index contributed by atoms with van der Waals surface area (Å²) in [6.45, 7) is 7.55. The van der Waals surface area contributed by atoms with Crippen molar-refractivity contribution in [3.8, 4) is 0 Å². The van der Waals surface area contributed by atoms with E-state index in [1.165, 1.54) is 77.0 Å². The standard InChI is InChI=1S/C39H52N4P2Si/c1-46(2,3)33-6-7-34(32(18-33)25-45(35-40-8-4-9-41-35)36-42-10-5-11-43-36)39(44,37-19-26-12-27(20-37)14-28(13-26)21-37)38-22-29-15-30(23-38)17-31(16-29)24-38/h4-11,18,26-31H,12-17,19-25,44H2,1-3H3. The van der Waals surface area contributed by atoms with Gasteiger partial charge in [0, 0.05) is 44.0 Å². The van der Waals surface area contributed by atoms with Crippen molar-refractivity contribution in [1.29, 1.82) is 0 Å². The minimum Gasteiger partial charge on any atom is -0.237 e. The maximum Gasteiger partial charge on any atom is 0.158 e. The van der Waals surface area contributed by atoms with Gasteiger partial charge in [-0.3, -0.25) is 0 Å². The Morgan fingerprint density at radius 3 is 1.43 bits per heavy atom. The molecule has 46 heavy (non-hydrogen) atoms. The Kier molecular flexibility index (Phi) is 7.28. The third kappa shape index (κ3) is 4.79. The Morgan fingerprint density at radius 1 is 0.674 bits per heavy atom. The summed E-state index contributed by atoms with van der Waals surface area (Å²) >= 11 is 0. The van der Waals surface area contributed by atoms with Crippen LogP contribution in [0.1, 0.15) is 88.2 Å². The fourth-order valence-corrected chi connectivity index (χ4v) is 17.2. The van der Waals surface area contributed by atoms with Gasteiger partial charge in [0.1, 0.15) is 0 Å². The second kappa shape index (κ2) is 11.0. The average Bonchev–Trinajstić information content (AvgIpc) is 3.02. The Morgan fingerprint density at radius 2 is 1.07 bits per heavy atom. The van der Waals surface area contributed by atoms with Crippen molar-refractivity contribution < 1.29 is 0 Å². The summed E-state index contributed by atoms with van der Waals surface area (Å²) < 4.78 is 0. The topological polar surface area (TPSA) is 51.6 Å². The van der Waals surface area contributed by atoms with Crippen molar-refractivity contribution in [2.24, 2.45) is 46.3 Å². The van der Waals surface area contributed by atoms with E-state index < -0.39 is 16.0 Å². The first-order valence-electron chi connectivity index (χ1n) is 18.4. The van der Waals surface area contributed by atoms with Crippen LogP contribution in [0.3, 0.4) is 0 Å². The lowest BCUT2D eigenvalue weighted by Gasteiger charge is -2.72. The summed E-state index contributed by atoms with van der Waals surface area (Å²) in [5.41, 5.74) is 5.85. The van der Waals surface area contributed by atoms with E-state index in [1.54, 1.807) is 16.3 Å². The van der Waals surface area contributed by atoms with Crippen molar-refractivity contribution in [3.63, 3.8) is 0 Å². The van der Waals surface area contributed by atoms with Gasteiger partial charge in [-0.25, -0.2) is 19.9 Å². The summed E-state index contributed by atoms with van der Waals surface area (Å²) in [7, 11) is 1.34. The number of nitrogens with zero attached hydrogens (tertiary/aromatic N) is 4. The smallest absolute Gasteiger partial charge is 0.158 e. The number of hydrogen-bond donors (Lipinski definition) is 0. The predicted molar refractivity (Wildman–Crippen MR) is 196 cm³/mol. The first kappa shape index (κ1) is 30.5. The van der Waals surface area contributed by atoms with Crippen LogP contribution in [0.5, 0.6) is 0 Å². The second-order valence-corrected chi connectivity index (χ2v) is 25.9. The first-order valence-corrected chi connectivity index (χ1v) is 24.0. The van der Waals surface area contributed by atoms with E-state index in [9.17, 15) is 0 Å². The summed E-state index contributed by atoms with van der Waals surface area (Å²) in [6.07, 6.45) is 26.3. The van der Waals surface area contributed by atoms with Crippen LogP contribution in [0.25, 0.3) is 0 Å². The van der Waals surface area contributed by atoms with Gasteiger partial charge in [-0.05, 0) is 147 Å². The van der Waals surface area contributed by atoms with Crippen molar-refractivity contribution in [2.45, 2.75) is 108 Å². The Hall–Kier alpha value is -1.54. The molecule has 0 N–H and O–H groups in total. The van der Waals surface area contributed by atoms with E-state index in [4.69, 9.17) is 19.9 Å². The average molecular weight is 667 g/mol. The Labute approximate surface area is 281 Å². The fraction of sp³-hybridized carbons (Fsp3) is 0.641. The van der Waals surface area contributed by atoms with Gasteiger partial charge in [-0.1, -0.05) is 43.0 Å². The van der Waals surface area contributed by atoms with Crippen LogP contribution < -0.4 is 16.3 Å². The predicted octanol–water partition coefficient (Wildman–Crippen LogP) is 7.95. The van der Waals surface area contributed by atoms with Gasteiger partial charge in [-0.2, -0.15) is 0 Å². The second-order valence-electron chi connectivity index (χ2n) is 18.0. The summed E-state index contributed by atoms with van der Waals surface area (Å²) in [4.78, 5) is 19.5. The molecule has 2 heterocycles. The number of benzene rings is 1. The highest BCUT2D eigenvalue weighted by atomic mass is 31.1. The molecule has 0 saturated heterocycles. The van der Waals surface area contributed by atoms with Crippen LogP contribution in [0, 0.1) is 46.3 Å². The SMILES string of the molecule is C[Si](C)(C)c1ccc(C(P)(C23CC4CC(CC(C4)C2)C3)C23CC4CC(CC(C4)C2)C3)c(CP(c2ncccn2)c2ncccn2)c1. The molecule has 2 aromatic heterocycles.